The highest BCUT2D eigenvalue weighted by Crippen LogP contribution is 2.20. The summed E-state index contributed by atoms with van der Waals surface area (Å²) in [5.41, 5.74) is 2.40. The summed E-state index contributed by atoms with van der Waals surface area (Å²) in [6.07, 6.45) is 1.89. The molecule has 3 aromatic rings. The van der Waals surface area contributed by atoms with Crippen LogP contribution in [0.25, 0.3) is 0 Å². The van der Waals surface area contributed by atoms with Gasteiger partial charge < -0.3 is 14.6 Å². The van der Waals surface area contributed by atoms with Gasteiger partial charge in [-0.25, -0.2) is 4.39 Å². The Balaban J connectivity index is 1.68. The molecule has 0 unspecified atom stereocenters. The number of nitrogens with one attached hydrogen (secondary N) is 1. The molecule has 0 aliphatic carbocycles. The van der Waals surface area contributed by atoms with Crippen LogP contribution in [0, 0.1) is 19.7 Å². The maximum absolute atomic E-state index is 13.7. The van der Waals surface area contributed by atoms with Gasteiger partial charge in [-0.2, -0.15) is 5.10 Å². The zero-order valence-electron chi connectivity index (χ0n) is 15.5. The van der Waals surface area contributed by atoms with Gasteiger partial charge in [0.25, 0.3) is 5.91 Å². The Morgan fingerprint density at radius 2 is 2.11 bits per heavy atom. The molecule has 0 fully saturated rings. The van der Waals surface area contributed by atoms with Gasteiger partial charge in [0.1, 0.15) is 12.4 Å². The van der Waals surface area contributed by atoms with Gasteiger partial charge >= 0.3 is 0 Å². The lowest BCUT2D eigenvalue weighted by atomic mass is 10.2. The van der Waals surface area contributed by atoms with Crippen molar-refractivity contribution in [2.24, 2.45) is 0 Å². The molecule has 8 heteroatoms. The minimum Gasteiger partial charge on any atom is -0.486 e. The van der Waals surface area contributed by atoms with E-state index in [1.165, 1.54) is 12.1 Å². The molecule has 0 saturated heterocycles. The van der Waals surface area contributed by atoms with Crippen molar-refractivity contribution in [3.05, 3.63) is 64.6 Å². The van der Waals surface area contributed by atoms with E-state index in [0.717, 1.165) is 17.8 Å². The quantitative estimate of drug-likeness (QED) is 0.689. The van der Waals surface area contributed by atoms with Crippen molar-refractivity contribution in [1.29, 1.82) is 0 Å². The Morgan fingerprint density at radius 1 is 1.33 bits per heavy atom. The number of halogens is 1. The van der Waals surface area contributed by atoms with E-state index < -0.39 is 5.82 Å². The van der Waals surface area contributed by atoms with Crippen molar-refractivity contribution < 1.29 is 18.4 Å². The molecular formula is C19H21FN4O3. The van der Waals surface area contributed by atoms with E-state index in [0.29, 0.717) is 17.9 Å². The van der Waals surface area contributed by atoms with E-state index in [1.807, 2.05) is 24.7 Å². The fraction of sp³-hybridized carbons (Fsp3) is 0.316. The summed E-state index contributed by atoms with van der Waals surface area (Å²) in [5.74, 6) is -0.304. The third-order valence-electron chi connectivity index (χ3n) is 4.22. The van der Waals surface area contributed by atoms with Crippen LogP contribution in [0.1, 0.15) is 40.0 Å². The molecule has 0 bridgehead atoms. The molecular weight excluding hydrogens is 351 g/mol. The topological polar surface area (TPSA) is 82.2 Å². The number of amides is 1. The summed E-state index contributed by atoms with van der Waals surface area (Å²) in [4.78, 5) is 12.5. The van der Waals surface area contributed by atoms with E-state index in [9.17, 15) is 9.18 Å². The van der Waals surface area contributed by atoms with Crippen LogP contribution < -0.4 is 10.1 Å². The van der Waals surface area contributed by atoms with Crippen molar-refractivity contribution in [3.63, 3.8) is 0 Å². The molecule has 0 aliphatic heterocycles. The molecule has 0 atom stereocenters. The fourth-order valence-corrected chi connectivity index (χ4v) is 2.61. The maximum Gasteiger partial charge on any atom is 0.274 e. The molecule has 142 valence electrons. The SMILES string of the molecule is CCn1cc(CNC(=O)c2noc(C)c2COc2ccccc2F)c(C)n1. The first-order chi connectivity index (χ1) is 13.0. The Labute approximate surface area is 156 Å². The summed E-state index contributed by atoms with van der Waals surface area (Å²) in [6.45, 7) is 6.63. The minimum atomic E-state index is -0.471. The molecule has 1 N–H and O–H groups in total. The fourth-order valence-electron chi connectivity index (χ4n) is 2.61. The number of carbonyl (C=O) groups is 1. The first-order valence-electron chi connectivity index (χ1n) is 8.63. The van der Waals surface area contributed by atoms with Crippen LogP contribution >= 0.6 is 0 Å². The van der Waals surface area contributed by atoms with Crippen LogP contribution in [-0.2, 0) is 19.7 Å². The summed E-state index contributed by atoms with van der Waals surface area (Å²) in [6, 6.07) is 6.08. The molecule has 0 aliphatic rings. The van der Waals surface area contributed by atoms with Crippen LogP contribution in [0.5, 0.6) is 5.75 Å². The van der Waals surface area contributed by atoms with Crippen LogP contribution in [-0.4, -0.2) is 20.8 Å². The van der Waals surface area contributed by atoms with Crippen molar-refractivity contribution >= 4 is 5.91 Å². The monoisotopic (exact) mass is 372 g/mol. The average molecular weight is 372 g/mol. The van der Waals surface area contributed by atoms with Crippen molar-refractivity contribution in [1.82, 2.24) is 20.3 Å². The lowest BCUT2D eigenvalue weighted by Crippen LogP contribution is -2.24. The predicted molar refractivity (Wildman–Crippen MR) is 95.8 cm³/mol. The molecule has 2 heterocycles. The zero-order chi connectivity index (χ0) is 19.4. The summed E-state index contributed by atoms with van der Waals surface area (Å²) >= 11 is 0. The molecule has 0 saturated carbocycles. The number of ether oxygens (including phenoxy) is 1. The van der Waals surface area contributed by atoms with E-state index >= 15 is 0 Å². The number of para-hydroxylation sites is 1. The molecule has 1 amide bonds. The number of aromatic nitrogens is 3. The first kappa shape index (κ1) is 18.6. The van der Waals surface area contributed by atoms with E-state index in [-0.39, 0.29) is 24.0 Å². The number of hydrogen-bond donors (Lipinski definition) is 1. The Morgan fingerprint density at radius 3 is 2.81 bits per heavy atom. The van der Waals surface area contributed by atoms with Gasteiger partial charge in [-0.3, -0.25) is 9.48 Å². The van der Waals surface area contributed by atoms with Gasteiger partial charge in [-0.15, -0.1) is 0 Å². The number of carbonyl (C=O) groups excluding carboxylic acids is 1. The molecule has 7 nitrogen and oxygen atoms in total. The average Bonchev–Trinajstić information content (AvgIpc) is 3.21. The highest BCUT2D eigenvalue weighted by Gasteiger charge is 2.21. The Bertz CT molecular complexity index is 948. The molecule has 0 spiro atoms. The second-order valence-corrected chi connectivity index (χ2v) is 6.06. The summed E-state index contributed by atoms with van der Waals surface area (Å²) in [7, 11) is 0. The second-order valence-electron chi connectivity index (χ2n) is 6.06. The molecule has 27 heavy (non-hydrogen) atoms. The van der Waals surface area contributed by atoms with Crippen LogP contribution in [0.2, 0.25) is 0 Å². The smallest absolute Gasteiger partial charge is 0.274 e. The van der Waals surface area contributed by atoms with Gasteiger partial charge in [0.05, 0.1) is 11.3 Å². The third kappa shape index (κ3) is 4.16. The van der Waals surface area contributed by atoms with E-state index in [4.69, 9.17) is 9.26 Å². The Kier molecular flexibility index (Phi) is 5.54. The highest BCUT2D eigenvalue weighted by molar-refractivity contribution is 5.93. The second kappa shape index (κ2) is 8.03. The van der Waals surface area contributed by atoms with E-state index in [2.05, 4.69) is 15.6 Å². The van der Waals surface area contributed by atoms with Crippen LogP contribution in [0.15, 0.2) is 35.0 Å². The van der Waals surface area contributed by atoms with Crippen LogP contribution in [0.4, 0.5) is 4.39 Å². The lowest BCUT2D eigenvalue weighted by molar-refractivity contribution is 0.0939. The molecule has 2 aromatic heterocycles. The summed E-state index contributed by atoms with van der Waals surface area (Å²) in [5, 5.41) is 11.0. The minimum absolute atomic E-state index is 0.0220. The maximum atomic E-state index is 13.7. The van der Waals surface area contributed by atoms with Gasteiger partial charge in [0, 0.05) is 24.8 Å². The van der Waals surface area contributed by atoms with Gasteiger partial charge in [0.15, 0.2) is 17.3 Å². The standard InChI is InChI=1S/C19H21FN4O3/c1-4-24-10-14(12(2)22-24)9-21-19(25)18-15(13(3)27-23-18)11-26-17-8-6-5-7-16(17)20/h5-8,10H,4,9,11H2,1-3H3,(H,21,25). The van der Waals surface area contributed by atoms with Crippen LogP contribution in [0.3, 0.4) is 0 Å². The Hall–Kier alpha value is -3.16. The molecule has 3 rings (SSSR count). The highest BCUT2D eigenvalue weighted by atomic mass is 19.1. The van der Waals surface area contributed by atoms with Gasteiger partial charge in [-0.05, 0) is 32.9 Å². The predicted octanol–water partition coefficient (Wildman–Crippen LogP) is 3.16. The number of benzene rings is 1. The normalized spacial score (nSPS) is 10.8. The largest absolute Gasteiger partial charge is 0.486 e. The number of nitrogens with zero attached hydrogens (tertiary/aromatic N) is 3. The molecule has 0 radical (unpaired) electrons. The third-order valence-corrected chi connectivity index (χ3v) is 4.22. The van der Waals surface area contributed by atoms with Crippen molar-refractivity contribution in [2.45, 2.75) is 40.5 Å². The van der Waals surface area contributed by atoms with E-state index in [1.54, 1.807) is 19.1 Å². The number of hydrogen-bond acceptors (Lipinski definition) is 5. The lowest BCUT2D eigenvalue weighted by Gasteiger charge is -2.08. The zero-order valence-corrected chi connectivity index (χ0v) is 15.5. The number of aryl methyl sites for hydroxylation is 3. The van der Waals surface area contributed by atoms with Crippen molar-refractivity contribution in [3.8, 4) is 5.75 Å². The molecule has 1 aromatic carbocycles. The van der Waals surface area contributed by atoms with Gasteiger partial charge in [0.2, 0.25) is 0 Å². The number of rotatable bonds is 7. The summed E-state index contributed by atoms with van der Waals surface area (Å²) < 4.78 is 26.1. The van der Waals surface area contributed by atoms with Crippen molar-refractivity contribution in [2.75, 3.05) is 0 Å². The van der Waals surface area contributed by atoms with Gasteiger partial charge in [-0.1, -0.05) is 17.3 Å². The first-order valence-corrected chi connectivity index (χ1v) is 8.63.